The number of nitrogen functional groups attached to an aromatic ring is 1. The highest BCUT2D eigenvalue weighted by Crippen LogP contribution is 2.16. The molecular formula is C12H14N4O. The van der Waals surface area contributed by atoms with Gasteiger partial charge < -0.3 is 11.5 Å². The predicted molar refractivity (Wildman–Crippen MR) is 65.4 cm³/mol. The van der Waals surface area contributed by atoms with Crippen LogP contribution in [-0.2, 0) is 6.54 Å². The van der Waals surface area contributed by atoms with Crippen LogP contribution in [0, 0.1) is 6.92 Å². The van der Waals surface area contributed by atoms with Crippen LogP contribution in [0.5, 0.6) is 0 Å². The molecule has 0 saturated carbocycles. The zero-order chi connectivity index (χ0) is 12.4. The van der Waals surface area contributed by atoms with Crippen molar-refractivity contribution in [1.82, 2.24) is 9.78 Å². The largest absolute Gasteiger partial charge is 0.399 e. The molecule has 0 unspecified atom stereocenters. The van der Waals surface area contributed by atoms with E-state index in [-0.39, 0.29) is 0 Å². The van der Waals surface area contributed by atoms with Crippen LogP contribution in [0.4, 0.5) is 5.69 Å². The molecule has 0 spiro atoms. The molecule has 4 N–H and O–H groups in total. The number of benzene rings is 1. The van der Waals surface area contributed by atoms with Crippen molar-refractivity contribution in [2.75, 3.05) is 5.73 Å². The van der Waals surface area contributed by atoms with E-state index in [0.29, 0.717) is 12.1 Å². The quantitative estimate of drug-likeness (QED) is 0.769. The Kier molecular flexibility index (Phi) is 2.82. The van der Waals surface area contributed by atoms with Gasteiger partial charge in [-0.3, -0.25) is 9.48 Å². The number of primary amides is 1. The van der Waals surface area contributed by atoms with Gasteiger partial charge in [-0.05, 0) is 24.1 Å². The third-order valence-corrected chi connectivity index (χ3v) is 2.74. The van der Waals surface area contributed by atoms with Crippen LogP contribution >= 0.6 is 0 Å². The maximum atomic E-state index is 10.9. The number of hydrogen-bond donors (Lipinski definition) is 2. The molecule has 0 saturated heterocycles. The Morgan fingerprint density at radius 2 is 2.24 bits per heavy atom. The number of anilines is 1. The highest BCUT2D eigenvalue weighted by atomic mass is 16.1. The molecular weight excluding hydrogens is 216 g/mol. The van der Waals surface area contributed by atoms with Gasteiger partial charge in [0.25, 0.3) is 5.91 Å². The highest BCUT2D eigenvalue weighted by Gasteiger charge is 2.06. The van der Waals surface area contributed by atoms with Gasteiger partial charge in [0.15, 0.2) is 0 Å². The summed E-state index contributed by atoms with van der Waals surface area (Å²) < 4.78 is 1.67. The topological polar surface area (TPSA) is 86.9 Å². The van der Waals surface area contributed by atoms with Gasteiger partial charge in [-0.25, -0.2) is 0 Å². The molecule has 2 aromatic rings. The van der Waals surface area contributed by atoms with Gasteiger partial charge in [0, 0.05) is 11.9 Å². The Bertz CT molecular complexity index is 559. The van der Waals surface area contributed by atoms with Gasteiger partial charge in [-0.1, -0.05) is 12.1 Å². The van der Waals surface area contributed by atoms with Crippen LogP contribution in [0.3, 0.4) is 0 Å². The second kappa shape index (κ2) is 4.29. The minimum absolute atomic E-state index is 0.409. The molecule has 1 heterocycles. The summed E-state index contributed by atoms with van der Waals surface area (Å²) in [6, 6.07) is 5.74. The van der Waals surface area contributed by atoms with Gasteiger partial charge >= 0.3 is 0 Å². The molecule has 1 amide bonds. The van der Waals surface area contributed by atoms with E-state index in [4.69, 9.17) is 11.5 Å². The maximum Gasteiger partial charge on any atom is 0.251 e. The third-order valence-electron chi connectivity index (χ3n) is 2.74. The number of hydrogen-bond acceptors (Lipinski definition) is 3. The van der Waals surface area contributed by atoms with Crippen LogP contribution in [0.15, 0.2) is 30.6 Å². The molecule has 1 aromatic heterocycles. The fraction of sp³-hybridized carbons (Fsp3) is 0.167. The Labute approximate surface area is 99.0 Å². The lowest BCUT2D eigenvalue weighted by atomic mass is 10.1. The fourth-order valence-electron chi connectivity index (χ4n) is 1.63. The molecule has 2 rings (SSSR count). The molecule has 5 nitrogen and oxygen atoms in total. The van der Waals surface area contributed by atoms with Gasteiger partial charge in [0.1, 0.15) is 0 Å². The molecule has 0 atom stereocenters. The molecule has 0 aliphatic heterocycles. The van der Waals surface area contributed by atoms with Crippen molar-refractivity contribution in [2.45, 2.75) is 13.5 Å². The first-order chi connectivity index (χ1) is 8.08. The van der Waals surface area contributed by atoms with Crippen molar-refractivity contribution in [2.24, 2.45) is 5.73 Å². The predicted octanol–water partition coefficient (Wildman–Crippen LogP) is 0.921. The average Bonchev–Trinajstić information content (AvgIpc) is 2.73. The summed E-state index contributed by atoms with van der Waals surface area (Å²) >= 11 is 0. The number of carbonyl (C=O) groups excluding carboxylic acids is 1. The first kappa shape index (κ1) is 11.2. The van der Waals surface area contributed by atoms with Crippen LogP contribution in [0.2, 0.25) is 0 Å². The molecule has 0 aliphatic rings. The average molecular weight is 230 g/mol. The number of nitrogens with two attached hydrogens (primary N) is 2. The van der Waals surface area contributed by atoms with E-state index in [0.717, 1.165) is 16.8 Å². The number of nitrogens with zero attached hydrogens (tertiary/aromatic N) is 2. The summed E-state index contributed by atoms with van der Waals surface area (Å²) in [4.78, 5) is 10.9. The maximum absolute atomic E-state index is 10.9. The van der Waals surface area contributed by atoms with Crippen LogP contribution in [-0.4, -0.2) is 15.7 Å². The van der Waals surface area contributed by atoms with E-state index in [1.54, 1.807) is 10.9 Å². The molecule has 88 valence electrons. The fourth-order valence-corrected chi connectivity index (χ4v) is 1.63. The van der Waals surface area contributed by atoms with Crippen LogP contribution in [0.25, 0.3) is 0 Å². The van der Waals surface area contributed by atoms with E-state index in [2.05, 4.69) is 5.10 Å². The molecule has 5 heteroatoms. The summed E-state index contributed by atoms with van der Waals surface area (Å²) in [5, 5.41) is 4.08. The van der Waals surface area contributed by atoms with Crippen molar-refractivity contribution in [1.29, 1.82) is 0 Å². The third kappa shape index (κ3) is 2.28. The molecule has 0 fully saturated rings. The van der Waals surface area contributed by atoms with E-state index in [1.807, 2.05) is 25.1 Å². The van der Waals surface area contributed by atoms with Crippen molar-refractivity contribution in [3.05, 3.63) is 47.3 Å². The van der Waals surface area contributed by atoms with E-state index in [9.17, 15) is 4.79 Å². The minimum atomic E-state index is -0.472. The van der Waals surface area contributed by atoms with E-state index in [1.165, 1.54) is 6.20 Å². The monoisotopic (exact) mass is 230 g/mol. The zero-order valence-electron chi connectivity index (χ0n) is 9.55. The zero-order valence-corrected chi connectivity index (χ0v) is 9.55. The van der Waals surface area contributed by atoms with Gasteiger partial charge in [0.05, 0.1) is 18.3 Å². The lowest BCUT2D eigenvalue weighted by Gasteiger charge is -2.08. The second-order valence-electron chi connectivity index (χ2n) is 3.92. The van der Waals surface area contributed by atoms with Crippen molar-refractivity contribution in [3.8, 4) is 0 Å². The second-order valence-corrected chi connectivity index (χ2v) is 3.92. The van der Waals surface area contributed by atoms with Crippen LogP contribution in [0.1, 0.15) is 21.5 Å². The Balaban J connectivity index is 2.25. The van der Waals surface area contributed by atoms with Gasteiger partial charge in [-0.2, -0.15) is 5.10 Å². The van der Waals surface area contributed by atoms with Crippen molar-refractivity contribution < 1.29 is 4.79 Å². The highest BCUT2D eigenvalue weighted by molar-refractivity contribution is 5.92. The molecule has 1 aromatic carbocycles. The number of aromatic nitrogens is 2. The molecule has 0 radical (unpaired) electrons. The summed E-state index contributed by atoms with van der Waals surface area (Å²) in [6.07, 6.45) is 3.09. The van der Waals surface area contributed by atoms with Crippen molar-refractivity contribution in [3.63, 3.8) is 0 Å². The number of amides is 1. The summed E-state index contributed by atoms with van der Waals surface area (Å²) in [7, 11) is 0. The summed E-state index contributed by atoms with van der Waals surface area (Å²) in [5.41, 5.74) is 14.3. The smallest absolute Gasteiger partial charge is 0.251 e. The Morgan fingerprint density at radius 1 is 1.47 bits per heavy atom. The summed E-state index contributed by atoms with van der Waals surface area (Å²) in [5.74, 6) is -0.472. The number of carbonyl (C=O) groups is 1. The summed E-state index contributed by atoms with van der Waals surface area (Å²) in [6.45, 7) is 2.54. The molecule has 17 heavy (non-hydrogen) atoms. The van der Waals surface area contributed by atoms with Crippen molar-refractivity contribution >= 4 is 11.6 Å². The van der Waals surface area contributed by atoms with Gasteiger partial charge in [-0.15, -0.1) is 0 Å². The lowest BCUT2D eigenvalue weighted by Crippen LogP contribution is -2.10. The Hall–Kier alpha value is -2.30. The number of rotatable bonds is 3. The SMILES string of the molecule is Cc1c(N)cccc1Cn1cc(C(N)=O)cn1. The Morgan fingerprint density at radius 3 is 2.88 bits per heavy atom. The first-order valence-electron chi connectivity index (χ1n) is 5.24. The van der Waals surface area contributed by atoms with Gasteiger partial charge in [0.2, 0.25) is 0 Å². The molecule has 0 bridgehead atoms. The molecule has 0 aliphatic carbocycles. The minimum Gasteiger partial charge on any atom is -0.399 e. The van der Waals surface area contributed by atoms with Crippen LogP contribution < -0.4 is 11.5 Å². The standard InChI is InChI=1S/C12H14N4O/c1-8-9(3-2-4-11(8)13)6-16-7-10(5-15-16)12(14)17/h2-5,7H,6,13H2,1H3,(H2,14,17). The van der Waals surface area contributed by atoms with E-state index < -0.39 is 5.91 Å². The first-order valence-corrected chi connectivity index (χ1v) is 5.24. The normalized spacial score (nSPS) is 10.4. The van der Waals surface area contributed by atoms with E-state index >= 15 is 0 Å². The lowest BCUT2D eigenvalue weighted by molar-refractivity contribution is 0.1000.